The highest BCUT2D eigenvalue weighted by Gasteiger charge is 2.37. The zero-order chi connectivity index (χ0) is 28.8. The quantitative estimate of drug-likeness (QED) is 0.239. The van der Waals surface area contributed by atoms with Crippen LogP contribution in [0.1, 0.15) is 15.9 Å². The molecule has 2 N–H and O–H groups in total. The predicted molar refractivity (Wildman–Crippen MR) is 145 cm³/mol. The van der Waals surface area contributed by atoms with Crippen LogP contribution in [0.5, 0.6) is 11.5 Å². The van der Waals surface area contributed by atoms with E-state index >= 15 is 0 Å². The molecule has 0 bridgehead atoms. The van der Waals surface area contributed by atoms with Crippen molar-refractivity contribution in [2.24, 2.45) is 0 Å². The van der Waals surface area contributed by atoms with E-state index in [4.69, 9.17) is 21.1 Å². The van der Waals surface area contributed by atoms with Gasteiger partial charge in [-0.05, 0) is 60.2 Å². The second-order valence-corrected chi connectivity index (χ2v) is 8.63. The van der Waals surface area contributed by atoms with Gasteiger partial charge in [-0.3, -0.25) is 19.7 Å². The van der Waals surface area contributed by atoms with E-state index in [1.54, 1.807) is 30.3 Å². The summed E-state index contributed by atoms with van der Waals surface area (Å²) in [5.41, 5.74) is 0.878. The number of hydrogen-bond donors (Lipinski definition) is 2. The van der Waals surface area contributed by atoms with Gasteiger partial charge in [0.25, 0.3) is 17.7 Å². The van der Waals surface area contributed by atoms with Crippen molar-refractivity contribution in [2.45, 2.75) is 0 Å². The van der Waals surface area contributed by atoms with E-state index in [9.17, 15) is 24.0 Å². The Hall–Kier alpha value is -5.16. The molecule has 5 amide bonds. The number of hydrogen-bond acceptors (Lipinski definition) is 8. The van der Waals surface area contributed by atoms with E-state index in [2.05, 4.69) is 15.4 Å². The number of nitrogens with zero attached hydrogens (tertiary/aromatic N) is 1. The molecular weight excluding hydrogens is 542 g/mol. The van der Waals surface area contributed by atoms with E-state index in [1.807, 2.05) is 0 Å². The third-order valence-electron chi connectivity index (χ3n) is 5.65. The van der Waals surface area contributed by atoms with Gasteiger partial charge in [0.15, 0.2) is 18.1 Å². The van der Waals surface area contributed by atoms with Crippen LogP contribution < -0.4 is 25.0 Å². The first kappa shape index (κ1) is 27.9. The molecule has 1 fully saturated rings. The molecule has 3 aromatic rings. The van der Waals surface area contributed by atoms with Crippen molar-refractivity contribution in [1.82, 2.24) is 5.32 Å². The van der Waals surface area contributed by atoms with Gasteiger partial charge in [0.05, 0.1) is 36.2 Å². The smallest absolute Gasteiger partial charge is 0.337 e. The molecule has 0 aromatic heterocycles. The second kappa shape index (κ2) is 12.1. The zero-order valence-electron chi connectivity index (χ0n) is 21.2. The molecule has 1 aliphatic heterocycles. The number of esters is 1. The maximum Gasteiger partial charge on any atom is 0.337 e. The molecule has 1 saturated heterocycles. The number of ether oxygens (including phenoxy) is 3. The fourth-order valence-corrected chi connectivity index (χ4v) is 3.89. The fraction of sp³-hybridized carbons (Fsp3) is 0.107. The molecule has 0 aliphatic carbocycles. The largest absolute Gasteiger partial charge is 0.493 e. The van der Waals surface area contributed by atoms with E-state index in [0.717, 1.165) is 4.90 Å². The number of benzene rings is 3. The third kappa shape index (κ3) is 6.11. The van der Waals surface area contributed by atoms with Gasteiger partial charge in [0.2, 0.25) is 0 Å². The van der Waals surface area contributed by atoms with Crippen molar-refractivity contribution >= 4 is 58.8 Å². The molecule has 4 rings (SSSR count). The van der Waals surface area contributed by atoms with Crippen molar-refractivity contribution in [2.75, 3.05) is 31.0 Å². The van der Waals surface area contributed by atoms with Crippen LogP contribution in [0.3, 0.4) is 0 Å². The van der Waals surface area contributed by atoms with Gasteiger partial charge in [-0.15, -0.1) is 0 Å². The lowest BCUT2D eigenvalue weighted by Gasteiger charge is -2.26. The average molecular weight is 564 g/mol. The lowest BCUT2D eigenvalue weighted by atomic mass is 10.1. The molecule has 204 valence electrons. The van der Waals surface area contributed by atoms with E-state index < -0.39 is 29.7 Å². The Labute approximate surface area is 233 Å². The van der Waals surface area contributed by atoms with Crippen molar-refractivity contribution in [3.63, 3.8) is 0 Å². The summed E-state index contributed by atoms with van der Waals surface area (Å²) in [5, 5.41) is 5.15. The average Bonchev–Trinajstić information content (AvgIpc) is 2.95. The Morgan fingerprint density at radius 2 is 1.70 bits per heavy atom. The Morgan fingerprint density at radius 1 is 0.975 bits per heavy atom. The molecule has 3 aromatic carbocycles. The molecule has 0 unspecified atom stereocenters. The lowest BCUT2D eigenvalue weighted by Crippen LogP contribution is -2.54. The normalized spacial score (nSPS) is 14.0. The number of para-hydroxylation sites is 1. The molecule has 0 atom stereocenters. The summed E-state index contributed by atoms with van der Waals surface area (Å²) in [5.74, 6) is -2.31. The van der Waals surface area contributed by atoms with E-state index in [0.29, 0.717) is 16.3 Å². The van der Waals surface area contributed by atoms with Crippen LogP contribution in [0.15, 0.2) is 72.3 Å². The molecular formula is C28H22ClN3O8. The SMILES string of the molecule is COC(=O)c1ccc(N2C(=O)NC(=O)/C(=C/c3ccc(OCC(=O)Nc4ccccc4Cl)c(OC)c3)C2=O)cc1. The van der Waals surface area contributed by atoms with Crippen LogP contribution in [0.4, 0.5) is 16.2 Å². The van der Waals surface area contributed by atoms with Crippen LogP contribution >= 0.6 is 11.6 Å². The number of amides is 5. The van der Waals surface area contributed by atoms with Gasteiger partial charge >= 0.3 is 12.0 Å². The zero-order valence-corrected chi connectivity index (χ0v) is 22.0. The summed E-state index contributed by atoms with van der Waals surface area (Å²) in [6.45, 7) is -0.339. The minimum absolute atomic E-state index is 0.143. The van der Waals surface area contributed by atoms with Gasteiger partial charge in [0, 0.05) is 0 Å². The van der Waals surface area contributed by atoms with Crippen molar-refractivity contribution < 1.29 is 38.2 Å². The van der Waals surface area contributed by atoms with E-state index in [-0.39, 0.29) is 34.9 Å². The lowest BCUT2D eigenvalue weighted by molar-refractivity contribution is -0.122. The first-order valence-electron chi connectivity index (χ1n) is 11.7. The summed E-state index contributed by atoms with van der Waals surface area (Å²) >= 11 is 6.05. The number of anilines is 2. The molecule has 0 saturated carbocycles. The monoisotopic (exact) mass is 563 g/mol. The molecule has 11 nitrogen and oxygen atoms in total. The van der Waals surface area contributed by atoms with Crippen LogP contribution in [0, 0.1) is 0 Å². The number of imide groups is 2. The van der Waals surface area contributed by atoms with E-state index in [1.165, 1.54) is 56.7 Å². The summed E-state index contributed by atoms with van der Waals surface area (Å²) < 4.78 is 15.6. The summed E-state index contributed by atoms with van der Waals surface area (Å²) in [7, 11) is 2.62. The van der Waals surface area contributed by atoms with Gasteiger partial charge in [0.1, 0.15) is 5.57 Å². The Morgan fingerprint density at radius 3 is 2.38 bits per heavy atom. The molecule has 0 radical (unpaired) electrons. The number of carbonyl (C=O) groups is 5. The highest BCUT2D eigenvalue weighted by molar-refractivity contribution is 6.39. The molecule has 40 heavy (non-hydrogen) atoms. The first-order chi connectivity index (χ1) is 19.2. The van der Waals surface area contributed by atoms with Gasteiger partial charge < -0.3 is 19.5 Å². The first-order valence-corrected chi connectivity index (χ1v) is 12.0. The van der Waals surface area contributed by atoms with Crippen molar-refractivity contribution in [3.8, 4) is 11.5 Å². The number of carbonyl (C=O) groups excluding carboxylic acids is 5. The number of rotatable bonds is 8. The third-order valence-corrected chi connectivity index (χ3v) is 5.98. The Balaban J connectivity index is 1.51. The van der Waals surface area contributed by atoms with Gasteiger partial charge in [-0.2, -0.15) is 0 Å². The fourth-order valence-electron chi connectivity index (χ4n) is 3.71. The maximum absolute atomic E-state index is 13.2. The Bertz CT molecular complexity index is 1530. The minimum atomic E-state index is -0.936. The summed E-state index contributed by atoms with van der Waals surface area (Å²) in [6.07, 6.45) is 1.29. The minimum Gasteiger partial charge on any atom is -0.493 e. The topological polar surface area (TPSA) is 140 Å². The van der Waals surface area contributed by atoms with Gasteiger partial charge in [-0.1, -0.05) is 29.8 Å². The molecule has 0 spiro atoms. The second-order valence-electron chi connectivity index (χ2n) is 8.22. The van der Waals surface area contributed by atoms with Crippen LogP contribution in [-0.2, 0) is 19.1 Å². The molecule has 1 aliphatic rings. The Kier molecular flexibility index (Phi) is 8.45. The van der Waals surface area contributed by atoms with Crippen LogP contribution in [0.2, 0.25) is 5.02 Å². The number of nitrogens with one attached hydrogen (secondary N) is 2. The maximum atomic E-state index is 13.2. The van der Waals surface area contributed by atoms with Gasteiger partial charge in [-0.25, -0.2) is 14.5 Å². The highest BCUT2D eigenvalue weighted by Crippen LogP contribution is 2.30. The molecule has 12 heteroatoms. The van der Waals surface area contributed by atoms with Crippen molar-refractivity contribution in [3.05, 3.63) is 88.5 Å². The number of urea groups is 1. The number of halogens is 1. The predicted octanol–water partition coefficient (Wildman–Crippen LogP) is 3.82. The number of barbiturate groups is 1. The van der Waals surface area contributed by atoms with Crippen LogP contribution in [0.25, 0.3) is 6.08 Å². The molecule has 1 heterocycles. The van der Waals surface area contributed by atoms with Crippen molar-refractivity contribution in [1.29, 1.82) is 0 Å². The number of methoxy groups -OCH3 is 2. The standard InChI is InChI=1S/C28H22ClN3O8/c1-38-23-14-16(7-12-22(23)40-15-24(33)30-21-6-4-3-5-20(21)29)13-19-25(34)31-28(37)32(26(19)35)18-10-8-17(9-11-18)27(36)39-2/h3-14H,15H2,1-2H3,(H,30,33)(H,31,34,37)/b19-13-. The summed E-state index contributed by atoms with van der Waals surface area (Å²) in [6, 6.07) is 15.9. The summed E-state index contributed by atoms with van der Waals surface area (Å²) in [4.78, 5) is 62.9. The highest BCUT2D eigenvalue weighted by atomic mass is 35.5. The van der Waals surface area contributed by atoms with Crippen LogP contribution in [-0.4, -0.2) is 50.5 Å².